The molecule has 3 aromatic carbocycles. The number of nitrogens with zero attached hydrogens (tertiary/aromatic N) is 1. The van der Waals surface area contributed by atoms with Gasteiger partial charge in [0.05, 0.1) is 22.9 Å². The smallest absolute Gasteiger partial charge is 0.0866 e. The lowest BCUT2D eigenvalue weighted by atomic mass is 9.99. The number of nitrogens with two attached hydrogens (primary N) is 1. The molecule has 0 saturated heterocycles. The third-order valence-corrected chi connectivity index (χ3v) is 9.50. The average molecular weight is 527 g/mol. The number of nitrogens with one attached hydrogen (secondary N) is 2. The van der Waals surface area contributed by atoms with Gasteiger partial charge in [0, 0.05) is 5.69 Å². The molecule has 3 aromatic rings. The molecule has 0 aliphatic rings. The highest BCUT2D eigenvalue weighted by Crippen LogP contribution is 2.61. The molecule has 5 heteroatoms. The van der Waals surface area contributed by atoms with Crippen molar-refractivity contribution in [3.05, 3.63) is 120 Å². The van der Waals surface area contributed by atoms with Crippen LogP contribution in [0.25, 0.3) is 5.70 Å². The maximum absolute atomic E-state index is 6.06. The molecule has 0 spiro atoms. The number of hydrogen-bond donors (Lipinski definition) is 3. The zero-order valence-electron chi connectivity index (χ0n) is 23.9. The third-order valence-electron chi connectivity index (χ3n) is 6.11. The standard InChI is InChI=1S/C33H43N4P/c1-32(2,3)38(33(4,5)6)28(23-24-34)37-31(29(35-7)25-17-11-8-12-18-25)30(26-19-13-9-14-20-26)36-27-21-15-10-16-22-27/h8-24,29,35-36H,34H2,1-7H3/b24-23?,31-30+,37-28?. The van der Waals surface area contributed by atoms with Gasteiger partial charge in [0.25, 0.3) is 0 Å². The summed E-state index contributed by atoms with van der Waals surface area (Å²) in [6.45, 7) is 13.8. The van der Waals surface area contributed by atoms with Crippen molar-refractivity contribution in [1.29, 1.82) is 0 Å². The summed E-state index contributed by atoms with van der Waals surface area (Å²) in [4.78, 5) is 5.55. The predicted octanol–water partition coefficient (Wildman–Crippen LogP) is 8.38. The second-order valence-corrected chi connectivity index (χ2v) is 15.1. The molecule has 0 aromatic heterocycles. The number of aliphatic imine (C=N–C) groups is 1. The fraction of sp³-hybridized carbons (Fsp3) is 0.303. The summed E-state index contributed by atoms with van der Waals surface area (Å²) < 4.78 is 0. The summed E-state index contributed by atoms with van der Waals surface area (Å²) in [6.07, 6.45) is 3.64. The van der Waals surface area contributed by atoms with Gasteiger partial charge in [0.15, 0.2) is 0 Å². The van der Waals surface area contributed by atoms with Crippen molar-refractivity contribution in [2.24, 2.45) is 10.7 Å². The fourth-order valence-corrected chi connectivity index (χ4v) is 8.82. The number of hydrogen-bond acceptors (Lipinski definition) is 4. The van der Waals surface area contributed by atoms with Crippen LogP contribution in [0.1, 0.15) is 58.7 Å². The molecule has 0 aliphatic carbocycles. The highest BCUT2D eigenvalue weighted by atomic mass is 31.1. The maximum Gasteiger partial charge on any atom is 0.0866 e. The maximum atomic E-state index is 6.06. The average Bonchev–Trinajstić information content (AvgIpc) is 2.87. The predicted molar refractivity (Wildman–Crippen MR) is 169 cm³/mol. The zero-order valence-corrected chi connectivity index (χ0v) is 24.8. The van der Waals surface area contributed by atoms with Gasteiger partial charge in [0.1, 0.15) is 0 Å². The van der Waals surface area contributed by atoms with Crippen molar-refractivity contribution in [2.75, 3.05) is 12.4 Å². The number of benzene rings is 3. The van der Waals surface area contributed by atoms with Gasteiger partial charge in [-0.25, -0.2) is 4.99 Å². The molecule has 0 radical (unpaired) electrons. The molecule has 4 nitrogen and oxygen atoms in total. The molecule has 200 valence electrons. The summed E-state index contributed by atoms with van der Waals surface area (Å²) >= 11 is 0. The molecule has 0 amide bonds. The second-order valence-electron chi connectivity index (χ2n) is 11.3. The normalized spacial score (nSPS) is 14.5. The van der Waals surface area contributed by atoms with E-state index in [1.807, 2.05) is 43.5 Å². The molecule has 0 bridgehead atoms. The van der Waals surface area contributed by atoms with Crippen LogP contribution in [0.3, 0.4) is 0 Å². The van der Waals surface area contributed by atoms with Gasteiger partial charge in [0.2, 0.25) is 0 Å². The Balaban J connectivity index is 2.42. The van der Waals surface area contributed by atoms with Crippen molar-refractivity contribution in [3.8, 4) is 0 Å². The number of likely N-dealkylation sites (N-methyl/N-ethyl adjacent to an activating group) is 1. The summed E-state index contributed by atoms with van der Waals surface area (Å²) in [7, 11) is 1.29. The lowest BCUT2D eigenvalue weighted by Crippen LogP contribution is -2.29. The van der Waals surface area contributed by atoms with Gasteiger partial charge in [-0.15, -0.1) is 0 Å². The van der Waals surface area contributed by atoms with E-state index in [2.05, 4.69) is 113 Å². The van der Waals surface area contributed by atoms with Crippen molar-refractivity contribution in [3.63, 3.8) is 0 Å². The van der Waals surface area contributed by atoms with E-state index in [1.54, 1.807) is 6.20 Å². The lowest BCUT2D eigenvalue weighted by Gasteiger charge is -2.41. The van der Waals surface area contributed by atoms with Crippen LogP contribution in [0.4, 0.5) is 5.69 Å². The Morgan fingerprint density at radius 2 is 1.29 bits per heavy atom. The molecular formula is C33H43N4P. The number of para-hydroxylation sites is 1. The number of allylic oxidation sites excluding steroid dienone is 1. The van der Waals surface area contributed by atoms with Gasteiger partial charge in [-0.1, -0.05) is 120 Å². The van der Waals surface area contributed by atoms with E-state index in [1.165, 1.54) is 0 Å². The Labute approximate surface area is 230 Å². The van der Waals surface area contributed by atoms with E-state index in [9.17, 15) is 0 Å². The molecule has 1 unspecified atom stereocenters. The minimum Gasteiger partial charge on any atom is -0.405 e. The minimum atomic E-state index is -0.703. The molecule has 0 fully saturated rings. The van der Waals surface area contributed by atoms with E-state index in [4.69, 9.17) is 10.7 Å². The van der Waals surface area contributed by atoms with Crippen LogP contribution >= 0.6 is 7.92 Å². The Kier molecular flexibility index (Phi) is 10.1. The first-order chi connectivity index (χ1) is 18.1. The molecule has 0 heterocycles. The number of anilines is 1. The molecule has 3 rings (SSSR count). The van der Waals surface area contributed by atoms with Gasteiger partial charge in [-0.05, 0) is 60.8 Å². The Morgan fingerprint density at radius 1 is 0.789 bits per heavy atom. The SMILES string of the molecule is CNC(/C(N=C(C=CN)P(C(C)(C)C)C(C)(C)C)=C(\Nc1ccccc1)c1ccccc1)c1ccccc1. The summed E-state index contributed by atoms with van der Waals surface area (Å²) in [6, 6.07) is 31.1. The van der Waals surface area contributed by atoms with Crippen LogP contribution in [-0.2, 0) is 0 Å². The van der Waals surface area contributed by atoms with Crippen molar-refractivity contribution >= 4 is 24.8 Å². The van der Waals surface area contributed by atoms with E-state index >= 15 is 0 Å². The summed E-state index contributed by atoms with van der Waals surface area (Å²) in [5, 5.41) is 7.35. The summed E-state index contributed by atoms with van der Waals surface area (Å²) in [5.41, 5.74) is 12.2. The van der Waals surface area contributed by atoms with Gasteiger partial charge in [-0.3, -0.25) is 0 Å². The van der Waals surface area contributed by atoms with E-state index in [0.29, 0.717) is 0 Å². The Bertz CT molecular complexity index is 1220. The Hall–Kier alpha value is -3.20. The van der Waals surface area contributed by atoms with Crippen molar-refractivity contribution < 1.29 is 0 Å². The molecule has 0 saturated carbocycles. The summed E-state index contributed by atoms with van der Waals surface area (Å²) in [5.74, 6) is 0. The topological polar surface area (TPSA) is 62.4 Å². The van der Waals surface area contributed by atoms with Crippen LogP contribution in [-0.4, -0.2) is 22.8 Å². The second kappa shape index (κ2) is 13.0. The highest BCUT2D eigenvalue weighted by Gasteiger charge is 2.38. The largest absolute Gasteiger partial charge is 0.405 e. The van der Waals surface area contributed by atoms with Crippen molar-refractivity contribution in [2.45, 2.75) is 57.9 Å². The van der Waals surface area contributed by atoms with E-state index in [0.717, 1.165) is 33.7 Å². The zero-order chi connectivity index (χ0) is 27.8. The third kappa shape index (κ3) is 7.66. The van der Waals surface area contributed by atoms with Gasteiger partial charge >= 0.3 is 0 Å². The Morgan fingerprint density at radius 3 is 1.76 bits per heavy atom. The molecular weight excluding hydrogens is 483 g/mol. The van der Waals surface area contributed by atoms with Crippen molar-refractivity contribution in [1.82, 2.24) is 5.32 Å². The minimum absolute atomic E-state index is 0.0265. The quantitative estimate of drug-likeness (QED) is 0.194. The molecule has 0 aliphatic heterocycles. The van der Waals surface area contributed by atoms with E-state index < -0.39 is 7.92 Å². The number of rotatable bonds is 9. The van der Waals surface area contributed by atoms with Crippen LogP contribution in [0.2, 0.25) is 0 Å². The van der Waals surface area contributed by atoms with Crippen LogP contribution in [0, 0.1) is 0 Å². The van der Waals surface area contributed by atoms with Crippen LogP contribution < -0.4 is 16.4 Å². The van der Waals surface area contributed by atoms with Gasteiger partial charge < -0.3 is 16.4 Å². The first kappa shape index (κ1) is 29.4. The van der Waals surface area contributed by atoms with E-state index in [-0.39, 0.29) is 16.4 Å². The first-order valence-electron chi connectivity index (χ1n) is 13.2. The van der Waals surface area contributed by atoms with Crippen LogP contribution in [0.5, 0.6) is 0 Å². The highest BCUT2D eigenvalue weighted by molar-refractivity contribution is 7.78. The van der Waals surface area contributed by atoms with Crippen LogP contribution in [0.15, 0.2) is 114 Å². The fourth-order valence-electron chi connectivity index (χ4n) is 4.99. The molecule has 4 N–H and O–H groups in total. The first-order valence-corrected chi connectivity index (χ1v) is 14.5. The lowest BCUT2D eigenvalue weighted by molar-refractivity contribution is 0.672. The molecule has 38 heavy (non-hydrogen) atoms. The van der Waals surface area contributed by atoms with Gasteiger partial charge in [-0.2, -0.15) is 0 Å². The monoisotopic (exact) mass is 526 g/mol. The molecule has 1 atom stereocenters.